The van der Waals surface area contributed by atoms with E-state index in [0.29, 0.717) is 18.4 Å². The van der Waals surface area contributed by atoms with Gasteiger partial charge < -0.3 is 10.6 Å². The van der Waals surface area contributed by atoms with Crippen molar-refractivity contribution in [3.05, 3.63) is 0 Å². The van der Waals surface area contributed by atoms with E-state index in [4.69, 9.17) is 0 Å². The zero-order chi connectivity index (χ0) is 12.8. The van der Waals surface area contributed by atoms with Crippen molar-refractivity contribution < 1.29 is 4.79 Å². The summed E-state index contributed by atoms with van der Waals surface area (Å²) >= 11 is 0. The summed E-state index contributed by atoms with van der Waals surface area (Å²) in [6.45, 7) is 10.0. The van der Waals surface area contributed by atoms with Crippen molar-refractivity contribution in [3.63, 3.8) is 0 Å². The van der Waals surface area contributed by atoms with E-state index in [9.17, 15) is 4.79 Å². The highest BCUT2D eigenvalue weighted by Crippen LogP contribution is 2.14. The number of carbonyl (C=O) groups is 1. The van der Waals surface area contributed by atoms with Crippen molar-refractivity contribution in [3.8, 4) is 0 Å². The van der Waals surface area contributed by atoms with E-state index in [0.717, 1.165) is 19.6 Å². The maximum Gasteiger partial charge on any atom is 0.234 e. The van der Waals surface area contributed by atoms with Crippen LogP contribution in [0, 0.1) is 11.8 Å². The smallest absolute Gasteiger partial charge is 0.234 e. The minimum atomic E-state index is 0.163. The number of amides is 1. The summed E-state index contributed by atoms with van der Waals surface area (Å²) in [5, 5.41) is 6.26. The number of nitrogens with zero attached hydrogens (tertiary/aromatic N) is 1. The van der Waals surface area contributed by atoms with Crippen molar-refractivity contribution in [1.82, 2.24) is 15.5 Å². The lowest BCUT2D eigenvalue weighted by Gasteiger charge is -2.20. The van der Waals surface area contributed by atoms with Crippen LogP contribution in [-0.2, 0) is 4.79 Å². The summed E-state index contributed by atoms with van der Waals surface area (Å²) in [5.74, 6) is 1.36. The van der Waals surface area contributed by atoms with Crippen LogP contribution in [0.4, 0.5) is 0 Å². The van der Waals surface area contributed by atoms with E-state index in [1.54, 1.807) is 0 Å². The number of hydrogen-bond donors (Lipinski definition) is 2. The van der Waals surface area contributed by atoms with Crippen LogP contribution >= 0.6 is 0 Å². The number of nitrogens with one attached hydrogen (secondary N) is 2. The van der Waals surface area contributed by atoms with Crippen LogP contribution < -0.4 is 10.6 Å². The van der Waals surface area contributed by atoms with Crippen molar-refractivity contribution in [1.29, 1.82) is 0 Å². The minimum Gasteiger partial charge on any atom is -0.352 e. The van der Waals surface area contributed by atoms with E-state index >= 15 is 0 Å². The molecule has 1 saturated heterocycles. The predicted octanol–water partition coefficient (Wildman–Crippen LogP) is 0.688. The largest absolute Gasteiger partial charge is 0.352 e. The van der Waals surface area contributed by atoms with Gasteiger partial charge in [0.1, 0.15) is 0 Å². The van der Waals surface area contributed by atoms with Gasteiger partial charge in [-0.1, -0.05) is 13.8 Å². The number of rotatable bonds is 6. The Morgan fingerprint density at radius 2 is 2.12 bits per heavy atom. The van der Waals surface area contributed by atoms with Gasteiger partial charge in [0.15, 0.2) is 0 Å². The molecule has 1 aliphatic heterocycles. The van der Waals surface area contributed by atoms with Gasteiger partial charge in [-0.05, 0) is 45.3 Å². The third-order valence-corrected chi connectivity index (χ3v) is 3.62. The molecular weight excluding hydrogens is 214 g/mol. The van der Waals surface area contributed by atoms with Gasteiger partial charge in [0.2, 0.25) is 5.91 Å². The fourth-order valence-corrected chi connectivity index (χ4v) is 2.18. The molecule has 2 atom stereocenters. The summed E-state index contributed by atoms with van der Waals surface area (Å²) in [4.78, 5) is 14.1. The molecule has 0 aliphatic carbocycles. The van der Waals surface area contributed by atoms with Crippen LogP contribution in [0.5, 0.6) is 0 Å². The highest BCUT2D eigenvalue weighted by Gasteiger charge is 2.23. The Hall–Kier alpha value is -0.610. The predicted molar refractivity (Wildman–Crippen MR) is 70.9 cm³/mol. The second-order valence-corrected chi connectivity index (χ2v) is 5.55. The topological polar surface area (TPSA) is 44.4 Å². The van der Waals surface area contributed by atoms with Crippen LogP contribution in [0.25, 0.3) is 0 Å². The molecule has 1 amide bonds. The first-order chi connectivity index (χ1) is 8.02. The molecule has 2 N–H and O–H groups in total. The molecule has 1 heterocycles. The van der Waals surface area contributed by atoms with Gasteiger partial charge in [-0.15, -0.1) is 0 Å². The van der Waals surface area contributed by atoms with Gasteiger partial charge >= 0.3 is 0 Å². The monoisotopic (exact) mass is 241 g/mol. The highest BCUT2D eigenvalue weighted by molar-refractivity contribution is 5.78. The molecule has 0 bridgehead atoms. The Kier molecular flexibility index (Phi) is 5.92. The average Bonchev–Trinajstić information content (AvgIpc) is 2.65. The number of hydrogen-bond acceptors (Lipinski definition) is 3. The lowest BCUT2D eigenvalue weighted by atomic mass is 10.1. The van der Waals surface area contributed by atoms with E-state index in [2.05, 4.69) is 36.3 Å². The summed E-state index contributed by atoms with van der Waals surface area (Å²) in [6, 6.07) is 0.262. The van der Waals surface area contributed by atoms with E-state index in [1.165, 1.54) is 6.42 Å². The Morgan fingerprint density at radius 1 is 1.41 bits per heavy atom. The van der Waals surface area contributed by atoms with E-state index < -0.39 is 0 Å². The van der Waals surface area contributed by atoms with Gasteiger partial charge in [-0.2, -0.15) is 0 Å². The number of carbonyl (C=O) groups excluding carboxylic acids is 1. The first-order valence-corrected chi connectivity index (χ1v) is 6.69. The molecule has 0 aromatic carbocycles. The van der Waals surface area contributed by atoms with Crippen LogP contribution in [0.3, 0.4) is 0 Å². The molecule has 17 heavy (non-hydrogen) atoms. The molecule has 0 spiro atoms. The van der Waals surface area contributed by atoms with Crippen molar-refractivity contribution in [2.24, 2.45) is 11.8 Å². The first-order valence-electron chi connectivity index (χ1n) is 6.69. The minimum absolute atomic E-state index is 0.163. The fourth-order valence-electron chi connectivity index (χ4n) is 2.18. The average molecular weight is 241 g/mol. The highest BCUT2D eigenvalue weighted by atomic mass is 16.2. The molecule has 0 saturated carbocycles. The standard InChI is InChI=1S/C13H27N3O/c1-10(2)11(3)15-13(17)9-16-6-5-12(8-16)7-14-4/h10-12,14H,5-9H2,1-4H3,(H,15,17). The van der Waals surface area contributed by atoms with Crippen molar-refractivity contribution in [2.75, 3.05) is 33.2 Å². The molecule has 1 aliphatic rings. The van der Waals surface area contributed by atoms with Crippen LogP contribution in [0.15, 0.2) is 0 Å². The van der Waals surface area contributed by atoms with E-state index in [1.807, 2.05) is 7.05 Å². The molecular formula is C13H27N3O. The summed E-state index contributed by atoms with van der Waals surface area (Å²) in [6.07, 6.45) is 1.20. The normalized spacial score (nSPS) is 23.0. The van der Waals surface area contributed by atoms with Crippen LogP contribution in [0.1, 0.15) is 27.2 Å². The zero-order valence-corrected chi connectivity index (χ0v) is 11.6. The number of likely N-dealkylation sites (tertiary alicyclic amines) is 1. The van der Waals surface area contributed by atoms with Crippen LogP contribution in [-0.4, -0.2) is 50.1 Å². The van der Waals surface area contributed by atoms with E-state index in [-0.39, 0.29) is 11.9 Å². The van der Waals surface area contributed by atoms with Gasteiger partial charge in [0.25, 0.3) is 0 Å². The van der Waals surface area contributed by atoms with Crippen LogP contribution in [0.2, 0.25) is 0 Å². The molecule has 0 aromatic rings. The maximum absolute atomic E-state index is 11.8. The SMILES string of the molecule is CNCC1CCN(CC(=O)NC(C)C(C)C)C1. The molecule has 2 unspecified atom stereocenters. The molecule has 100 valence electrons. The van der Waals surface area contributed by atoms with Crippen molar-refractivity contribution in [2.45, 2.75) is 33.2 Å². The quantitative estimate of drug-likeness (QED) is 0.719. The third kappa shape index (κ3) is 5.04. The molecule has 4 heteroatoms. The van der Waals surface area contributed by atoms with Gasteiger partial charge in [0, 0.05) is 12.6 Å². The first kappa shape index (κ1) is 14.5. The van der Waals surface area contributed by atoms with Gasteiger partial charge in [-0.3, -0.25) is 9.69 Å². The fraction of sp³-hybridized carbons (Fsp3) is 0.923. The summed E-state index contributed by atoms with van der Waals surface area (Å²) < 4.78 is 0. The second kappa shape index (κ2) is 6.97. The summed E-state index contributed by atoms with van der Waals surface area (Å²) in [7, 11) is 1.99. The Labute approximate surface area is 105 Å². The third-order valence-electron chi connectivity index (χ3n) is 3.62. The molecule has 0 radical (unpaired) electrons. The van der Waals surface area contributed by atoms with Crippen molar-refractivity contribution >= 4 is 5.91 Å². The Bertz CT molecular complexity index is 243. The molecule has 1 fully saturated rings. The lowest BCUT2D eigenvalue weighted by Crippen LogP contribution is -2.42. The molecule has 0 aromatic heterocycles. The van der Waals surface area contributed by atoms with Gasteiger partial charge in [0.05, 0.1) is 6.54 Å². The maximum atomic E-state index is 11.8. The van der Waals surface area contributed by atoms with Gasteiger partial charge in [-0.25, -0.2) is 0 Å². The lowest BCUT2D eigenvalue weighted by molar-refractivity contribution is -0.122. The Morgan fingerprint density at radius 3 is 2.71 bits per heavy atom. The molecule has 4 nitrogen and oxygen atoms in total. The zero-order valence-electron chi connectivity index (χ0n) is 11.6. The Balaban J connectivity index is 2.24. The summed E-state index contributed by atoms with van der Waals surface area (Å²) in [5.41, 5.74) is 0. The second-order valence-electron chi connectivity index (χ2n) is 5.55. The molecule has 1 rings (SSSR count).